The highest BCUT2D eigenvalue weighted by Gasteiger charge is 2.07. The largest absolute Gasteiger partial charge is 0.497 e. The second kappa shape index (κ2) is 9.27. The number of para-hydroxylation sites is 1. The molecule has 0 fully saturated rings. The number of aryl methyl sites for hydroxylation is 2. The van der Waals surface area contributed by atoms with Crippen LogP contribution in [0.2, 0.25) is 0 Å². The molecule has 26 heavy (non-hydrogen) atoms. The van der Waals surface area contributed by atoms with Crippen LogP contribution in [0.4, 0.5) is 0 Å². The van der Waals surface area contributed by atoms with Crippen molar-refractivity contribution in [3.63, 3.8) is 0 Å². The summed E-state index contributed by atoms with van der Waals surface area (Å²) in [5.74, 6) is 0.524. The predicted molar refractivity (Wildman–Crippen MR) is 99.7 cm³/mol. The van der Waals surface area contributed by atoms with Gasteiger partial charge in [-0.1, -0.05) is 30.3 Å². The van der Waals surface area contributed by atoms with Gasteiger partial charge in [-0.25, -0.2) is 0 Å². The highest BCUT2D eigenvalue weighted by atomic mass is 16.5. The minimum absolute atomic E-state index is 0.186. The van der Waals surface area contributed by atoms with E-state index < -0.39 is 11.8 Å². The number of amides is 2. The van der Waals surface area contributed by atoms with Gasteiger partial charge >= 0.3 is 0 Å². The monoisotopic (exact) mass is 354 g/mol. The number of carbonyl (C=O) groups is 2. The number of hydrogen-bond donors (Lipinski definition) is 2. The zero-order chi connectivity index (χ0) is 18.9. The number of ether oxygens (including phenoxy) is 2. The van der Waals surface area contributed by atoms with Crippen LogP contribution in [0.5, 0.6) is 11.5 Å². The zero-order valence-corrected chi connectivity index (χ0v) is 15.0. The second-order valence-corrected chi connectivity index (χ2v) is 5.65. The summed E-state index contributed by atoms with van der Waals surface area (Å²) >= 11 is 0. The fraction of sp³-hybridized carbons (Fsp3) is 0.200. The van der Waals surface area contributed by atoms with Crippen molar-refractivity contribution in [1.29, 1.82) is 0 Å². The van der Waals surface area contributed by atoms with Gasteiger partial charge in [-0.3, -0.25) is 20.4 Å². The third-order valence-electron chi connectivity index (χ3n) is 3.62. The first-order chi connectivity index (χ1) is 12.5. The molecule has 0 aliphatic heterocycles. The van der Waals surface area contributed by atoms with Gasteiger partial charge in [0.1, 0.15) is 11.5 Å². The Morgan fingerprint density at radius 3 is 2.27 bits per heavy atom. The van der Waals surface area contributed by atoms with Gasteiger partial charge in [0.2, 0.25) is 0 Å². The van der Waals surface area contributed by atoms with E-state index in [2.05, 4.69) is 10.9 Å². The van der Waals surface area contributed by atoms with Crippen LogP contribution < -0.4 is 20.3 Å². The lowest BCUT2D eigenvalue weighted by Gasteiger charge is -2.11. The first kappa shape index (κ1) is 19.1. The van der Waals surface area contributed by atoms with E-state index in [0.717, 1.165) is 22.4 Å². The summed E-state index contributed by atoms with van der Waals surface area (Å²) in [6.45, 7) is 3.63. The highest BCUT2D eigenvalue weighted by Crippen LogP contribution is 2.21. The molecule has 0 atom stereocenters. The van der Waals surface area contributed by atoms with E-state index in [1.165, 1.54) is 6.08 Å². The average molecular weight is 354 g/mol. The summed E-state index contributed by atoms with van der Waals surface area (Å²) in [5, 5.41) is 0. The molecular weight excluding hydrogens is 332 g/mol. The van der Waals surface area contributed by atoms with E-state index in [4.69, 9.17) is 9.47 Å². The number of nitrogens with one attached hydrogen (secondary N) is 2. The van der Waals surface area contributed by atoms with Crippen LogP contribution in [0, 0.1) is 13.8 Å². The van der Waals surface area contributed by atoms with Gasteiger partial charge in [0.15, 0.2) is 6.61 Å². The Bertz CT molecular complexity index is 778. The van der Waals surface area contributed by atoms with E-state index in [-0.39, 0.29) is 6.61 Å². The molecular formula is C20H22N2O4. The minimum atomic E-state index is -0.446. The fourth-order valence-corrected chi connectivity index (χ4v) is 2.26. The van der Waals surface area contributed by atoms with Gasteiger partial charge in [-0.15, -0.1) is 0 Å². The molecule has 136 valence electrons. The molecule has 0 spiro atoms. The van der Waals surface area contributed by atoms with Crippen molar-refractivity contribution in [2.45, 2.75) is 13.8 Å². The fourth-order valence-electron chi connectivity index (χ4n) is 2.26. The van der Waals surface area contributed by atoms with Crippen LogP contribution in [-0.2, 0) is 9.59 Å². The van der Waals surface area contributed by atoms with Crippen molar-refractivity contribution in [2.24, 2.45) is 0 Å². The summed E-state index contributed by atoms with van der Waals surface area (Å²) in [4.78, 5) is 23.5. The van der Waals surface area contributed by atoms with Crippen LogP contribution in [0.25, 0.3) is 6.08 Å². The number of rotatable bonds is 6. The van der Waals surface area contributed by atoms with Gasteiger partial charge < -0.3 is 9.47 Å². The quantitative estimate of drug-likeness (QED) is 0.617. The van der Waals surface area contributed by atoms with Gasteiger partial charge in [0.05, 0.1) is 7.11 Å². The number of hydrogen-bond acceptors (Lipinski definition) is 4. The lowest BCUT2D eigenvalue weighted by molar-refractivity contribution is -0.128. The molecule has 0 heterocycles. The van der Waals surface area contributed by atoms with Crippen LogP contribution >= 0.6 is 0 Å². The van der Waals surface area contributed by atoms with E-state index in [9.17, 15) is 9.59 Å². The standard InChI is InChI=1S/C20H22N2O4/c1-14-5-4-6-15(2)20(14)26-13-19(24)22-21-18(23)12-9-16-7-10-17(25-3)11-8-16/h4-12H,13H2,1-3H3,(H,21,23)(H,22,24)/b12-9+. The van der Waals surface area contributed by atoms with Crippen molar-refractivity contribution in [1.82, 2.24) is 10.9 Å². The maximum atomic E-state index is 11.8. The molecule has 0 radical (unpaired) electrons. The lowest BCUT2D eigenvalue weighted by Crippen LogP contribution is -2.43. The van der Waals surface area contributed by atoms with E-state index in [0.29, 0.717) is 5.75 Å². The highest BCUT2D eigenvalue weighted by molar-refractivity contribution is 5.93. The SMILES string of the molecule is COc1ccc(/C=C/C(=O)NNC(=O)COc2c(C)cccc2C)cc1. The molecule has 2 rings (SSSR count). The minimum Gasteiger partial charge on any atom is -0.497 e. The summed E-state index contributed by atoms with van der Waals surface area (Å²) in [5.41, 5.74) is 7.36. The molecule has 0 bridgehead atoms. The molecule has 2 amide bonds. The Labute approximate surface area is 152 Å². The van der Waals surface area contributed by atoms with Gasteiger partial charge in [0, 0.05) is 6.08 Å². The third kappa shape index (κ3) is 5.66. The number of hydrazine groups is 1. The lowest BCUT2D eigenvalue weighted by atomic mass is 10.1. The van der Waals surface area contributed by atoms with E-state index in [1.807, 2.05) is 44.2 Å². The normalized spacial score (nSPS) is 10.4. The summed E-state index contributed by atoms with van der Waals surface area (Å²) in [7, 11) is 1.59. The zero-order valence-electron chi connectivity index (χ0n) is 15.0. The van der Waals surface area contributed by atoms with Crippen molar-refractivity contribution < 1.29 is 19.1 Å². The molecule has 2 aromatic carbocycles. The summed E-state index contributed by atoms with van der Waals surface area (Å²) in [6, 6.07) is 13.0. The van der Waals surface area contributed by atoms with Crippen molar-refractivity contribution in [2.75, 3.05) is 13.7 Å². The third-order valence-corrected chi connectivity index (χ3v) is 3.62. The maximum Gasteiger partial charge on any atom is 0.276 e. The smallest absolute Gasteiger partial charge is 0.276 e. The van der Waals surface area contributed by atoms with Gasteiger partial charge in [0.25, 0.3) is 11.8 Å². The Hall–Kier alpha value is -3.28. The van der Waals surface area contributed by atoms with E-state index >= 15 is 0 Å². The van der Waals surface area contributed by atoms with Crippen molar-refractivity contribution in [3.05, 3.63) is 65.2 Å². The molecule has 6 nitrogen and oxygen atoms in total. The summed E-state index contributed by atoms with van der Waals surface area (Å²) < 4.78 is 10.6. The topological polar surface area (TPSA) is 76.7 Å². The van der Waals surface area contributed by atoms with Crippen molar-refractivity contribution in [3.8, 4) is 11.5 Å². The molecule has 0 saturated carbocycles. The van der Waals surface area contributed by atoms with Crippen molar-refractivity contribution >= 4 is 17.9 Å². The second-order valence-electron chi connectivity index (χ2n) is 5.65. The van der Waals surface area contributed by atoms with Crippen LogP contribution in [0.3, 0.4) is 0 Å². The Kier molecular flexibility index (Phi) is 6.79. The van der Waals surface area contributed by atoms with Gasteiger partial charge in [-0.2, -0.15) is 0 Å². The number of methoxy groups -OCH3 is 1. The Morgan fingerprint density at radius 2 is 1.65 bits per heavy atom. The van der Waals surface area contributed by atoms with Crippen LogP contribution in [0.1, 0.15) is 16.7 Å². The molecule has 2 N–H and O–H groups in total. The molecule has 6 heteroatoms. The first-order valence-electron chi connectivity index (χ1n) is 8.09. The maximum absolute atomic E-state index is 11.8. The van der Waals surface area contributed by atoms with E-state index in [1.54, 1.807) is 25.3 Å². The molecule has 0 aliphatic carbocycles. The molecule has 0 aliphatic rings. The Balaban J connectivity index is 1.77. The number of carbonyl (C=O) groups excluding carboxylic acids is 2. The molecule has 2 aromatic rings. The predicted octanol–water partition coefficient (Wildman–Crippen LogP) is 2.55. The Morgan fingerprint density at radius 1 is 1.00 bits per heavy atom. The molecule has 0 unspecified atom stereocenters. The van der Waals surface area contributed by atoms with Gasteiger partial charge in [-0.05, 0) is 48.7 Å². The molecule has 0 saturated heterocycles. The average Bonchev–Trinajstić information content (AvgIpc) is 2.64. The van der Waals surface area contributed by atoms with Crippen LogP contribution in [-0.4, -0.2) is 25.5 Å². The number of benzene rings is 2. The van der Waals surface area contributed by atoms with Crippen LogP contribution in [0.15, 0.2) is 48.5 Å². The summed E-state index contributed by atoms with van der Waals surface area (Å²) in [6.07, 6.45) is 2.96. The first-order valence-corrected chi connectivity index (χ1v) is 8.09. The molecule has 0 aromatic heterocycles.